The van der Waals surface area contributed by atoms with Gasteiger partial charge >= 0.3 is 7.60 Å². The van der Waals surface area contributed by atoms with Crippen molar-refractivity contribution in [2.24, 2.45) is 0 Å². The van der Waals surface area contributed by atoms with Gasteiger partial charge in [0.25, 0.3) is 0 Å². The Labute approximate surface area is 186 Å². The van der Waals surface area contributed by atoms with E-state index in [4.69, 9.17) is 19.3 Å². The van der Waals surface area contributed by atoms with Crippen LogP contribution in [0.15, 0.2) is 17.0 Å². The third-order valence-electron chi connectivity index (χ3n) is 4.64. The summed E-state index contributed by atoms with van der Waals surface area (Å²) in [5.41, 5.74) is 1.08. The van der Waals surface area contributed by atoms with Crippen molar-refractivity contribution in [2.75, 3.05) is 32.2 Å². The Kier molecular flexibility index (Phi) is 14.6. The van der Waals surface area contributed by atoms with Crippen molar-refractivity contribution in [1.82, 2.24) is 5.32 Å². The van der Waals surface area contributed by atoms with Gasteiger partial charge in [-0.05, 0) is 49.3 Å². The van der Waals surface area contributed by atoms with Gasteiger partial charge in [0.2, 0.25) is 0 Å². The Hall–Kier alpha value is -0.720. The molecule has 0 aromatic heterocycles. The molecular formula is C22H40NO5PS. The smallest absolute Gasteiger partial charge is 0.325 e. The Morgan fingerprint density at radius 1 is 1.03 bits per heavy atom. The van der Waals surface area contributed by atoms with E-state index in [0.29, 0.717) is 26.1 Å². The molecule has 0 saturated carbocycles. The van der Waals surface area contributed by atoms with Crippen molar-refractivity contribution >= 4 is 19.4 Å². The van der Waals surface area contributed by atoms with Crippen LogP contribution in [0.5, 0.6) is 11.5 Å². The molecule has 0 aliphatic rings. The second kappa shape index (κ2) is 16.0. The molecule has 0 aliphatic heterocycles. The highest BCUT2D eigenvalue weighted by Gasteiger charge is 2.15. The second-order valence-corrected chi connectivity index (χ2v) is 10.4. The quantitative estimate of drug-likeness (QED) is 0.149. The van der Waals surface area contributed by atoms with Crippen LogP contribution in [0.4, 0.5) is 0 Å². The number of methoxy groups -OCH3 is 1. The molecule has 0 saturated heterocycles. The van der Waals surface area contributed by atoms with E-state index in [9.17, 15) is 4.57 Å². The summed E-state index contributed by atoms with van der Waals surface area (Å²) < 4.78 is 22.7. The lowest BCUT2D eigenvalue weighted by molar-refractivity contribution is 0.277. The minimum atomic E-state index is -3.92. The van der Waals surface area contributed by atoms with E-state index in [1.807, 2.05) is 6.07 Å². The van der Waals surface area contributed by atoms with Crippen LogP contribution in [-0.4, -0.2) is 42.0 Å². The fourth-order valence-corrected chi connectivity index (χ4v) is 4.56. The van der Waals surface area contributed by atoms with E-state index >= 15 is 0 Å². The lowest BCUT2D eigenvalue weighted by Gasteiger charge is -2.17. The summed E-state index contributed by atoms with van der Waals surface area (Å²) in [6, 6.07) is 4.12. The molecule has 0 heterocycles. The van der Waals surface area contributed by atoms with Crippen LogP contribution in [0.1, 0.15) is 70.8 Å². The van der Waals surface area contributed by atoms with Gasteiger partial charge in [0.05, 0.1) is 24.8 Å². The molecule has 0 amide bonds. The summed E-state index contributed by atoms with van der Waals surface area (Å²) in [6.45, 7) is 6.26. The zero-order valence-electron chi connectivity index (χ0n) is 18.8. The van der Waals surface area contributed by atoms with Gasteiger partial charge in [-0.1, -0.05) is 46.0 Å². The van der Waals surface area contributed by atoms with Crippen LogP contribution >= 0.6 is 19.4 Å². The van der Waals surface area contributed by atoms with Crippen LogP contribution in [0.3, 0.4) is 0 Å². The van der Waals surface area contributed by atoms with Gasteiger partial charge in [-0.2, -0.15) is 0 Å². The Balaban J connectivity index is 2.66. The number of rotatable bonds is 18. The highest BCUT2D eigenvalue weighted by Crippen LogP contribution is 2.39. The van der Waals surface area contributed by atoms with Crippen molar-refractivity contribution in [3.63, 3.8) is 0 Å². The van der Waals surface area contributed by atoms with Crippen LogP contribution in [0.2, 0.25) is 0 Å². The van der Waals surface area contributed by atoms with Crippen LogP contribution in [0, 0.1) is 0 Å². The average Bonchev–Trinajstić information content (AvgIpc) is 2.70. The standard InChI is InChI=1S/C22H40NO5PS/c1-4-6-7-8-9-10-13-28-22-20(27-3)16-19(17-21(22)30-15-5-2)18-23-12-11-14-29(24,25)26/h16-17,23H,4-15,18H2,1-3H3,(H2,24,25,26). The molecule has 1 rings (SSSR count). The second-order valence-electron chi connectivity index (χ2n) is 7.51. The van der Waals surface area contributed by atoms with Gasteiger partial charge in [0.15, 0.2) is 11.5 Å². The highest BCUT2D eigenvalue weighted by atomic mass is 32.2. The topological polar surface area (TPSA) is 88.0 Å². The highest BCUT2D eigenvalue weighted by molar-refractivity contribution is 7.99. The fourth-order valence-electron chi connectivity index (χ4n) is 3.05. The minimum absolute atomic E-state index is 0.0911. The van der Waals surface area contributed by atoms with E-state index in [-0.39, 0.29) is 6.16 Å². The SMILES string of the molecule is CCCCCCCCOc1c(OC)cc(CNCCCP(=O)(O)O)cc1SCCC. The number of hydrogen-bond donors (Lipinski definition) is 3. The zero-order valence-corrected chi connectivity index (χ0v) is 20.5. The number of ether oxygens (including phenoxy) is 2. The van der Waals surface area contributed by atoms with Crippen LogP contribution in [-0.2, 0) is 11.1 Å². The number of unbranched alkanes of at least 4 members (excludes halogenated alkanes) is 5. The maximum Gasteiger partial charge on any atom is 0.325 e. The van der Waals surface area contributed by atoms with E-state index in [1.54, 1.807) is 18.9 Å². The monoisotopic (exact) mass is 461 g/mol. The van der Waals surface area contributed by atoms with Gasteiger partial charge < -0.3 is 24.6 Å². The van der Waals surface area contributed by atoms with E-state index in [0.717, 1.165) is 40.6 Å². The third kappa shape index (κ3) is 12.2. The molecule has 0 unspecified atom stereocenters. The first kappa shape index (κ1) is 27.3. The maximum atomic E-state index is 10.9. The van der Waals surface area contributed by atoms with E-state index in [1.165, 1.54) is 32.1 Å². The van der Waals surface area contributed by atoms with Crippen LogP contribution in [0.25, 0.3) is 0 Å². The molecule has 6 nitrogen and oxygen atoms in total. The average molecular weight is 462 g/mol. The fraction of sp³-hybridized carbons (Fsp3) is 0.727. The molecule has 3 N–H and O–H groups in total. The zero-order chi connectivity index (χ0) is 22.2. The molecule has 0 radical (unpaired) electrons. The minimum Gasteiger partial charge on any atom is -0.493 e. The largest absolute Gasteiger partial charge is 0.493 e. The number of nitrogens with one attached hydrogen (secondary N) is 1. The summed E-state index contributed by atoms with van der Waals surface area (Å²) >= 11 is 1.78. The van der Waals surface area contributed by atoms with E-state index < -0.39 is 7.60 Å². The molecule has 0 bridgehead atoms. The first-order chi connectivity index (χ1) is 14.4. The Bertz CT molecular complexity index is 638. The third-order valence-corrected chi connectivity index (χ3v) is 6.76. The molecular weight excluding hydrogens is 421 g/mol. The Morgan fingerprint density at radius 3 is 2.43 bits per heavy atom. The first-order valence-corrected chi connectivity index (χ1v) is 13.9. The Morgan fingerprint density at radius 2 is 1.77 bits per heavy atom. The first-order valence-electron chi connectivity index (χ1n) is 11.1. The van der Waals surface area contributed by atoms with E-state index in [2.05, 4.69) is 25.2 Å². The predicted octanol–water partition coefficient (Wildman–Crippen LogP) is 5.59. The molecule has 0 aliphatic carbocycles. The van der Waals surface area contributed by atoms with Crippen molar-refractivity contribution in [2.45, 2.75) is 76.7 Å². The van der Waals surface area contributed by atoms with Crippen molar-refractivity contribution < 1.29 is 23.8 Å². The molecule has 0 fully saturated rings. The van der Waals surface area contributed by atoms with Gasteiger partial charge in [0, 0.05) is 6.54 Å². The number of thioether (sulfide) groups is 1. The van der Waals surface area contributed by atoms with Gasteiger partial charge in [0.1, 0.15) is 0 Å². The molecule has 30 heavy (non-hydrogen) atoms. The van der Waals surface area contributed by atoms with Gasteiger partial charge in [-0.25, -0.2) is 0 Å². The van der Waals surface area contributed by atoms with Crippen molar-refractivity contribution in [3.05, 3.63) is 17.7 Å². The summed E-state index contributed by atoms with van der Waals surface area (Å²) in [5, 5.41) is 3.26. The molecule has 1 aromatic rings. The lowest BCUT2D eigenvalue weighted by atomic mass is 10.1. The number of hydrogen-bond acceptors (Lipinski definition) is 5. The number of benzene rings is 1. The molecule has 1 aromatic carbocycles. The van der Waals surface area contributed by atoms with Crippen molar-refractivity contribution in [3.8, 4) is 11.5 Å². The summed E-state index contributed by atoms with van der Waals surface area (Å²) in [6.07, 6.45) is 8.80. The summed E-state index contributed by atoms with van der Waals surface area (Å²) in [5.74, 6) is 2.58. The lowest BCUT2D eigenvalue weighted by Crippen LogP contribution is -2.16. The van der Waals surface area contributed by atoms with Gasteiger partial charge in [-0.15, -0.1) is 11.8 Å². The van der Waals surface area contributed by atoms with Crippen molar-refractivity contribution in [1.29, 1.82) is 0 Å². The summed E-state index contributed by atoms with van der Waals surface area (Å²) in [7, 11) is -2.25. The molecule has 8 heteroatoms. The predicted molar refractivity (Wildman–Crippen MR) is 126 cm³/mol. The van der Waals surface area contributed by atoms with Gasteiger partial charge in [-0.3, -0.25) is 4.57 Å². The normalized spacial score (nSPS) is 11.6. The molecule has 0 spiro atoms. The summed E-state index contributed by atoms with van der Waals surface area (Å²) in [4.78, 5) is 19.0. The maximum absolute atomic E-state index is 10.9. The molecule has 174 valence electrons. The van der Waals surface area contributed by atoms with Crippen LogP contribution < -0.4 is 14.8 Å². The molecule has 0 atom stereocenters.